The quantitative estimate of drug-likeness (QED) is 0.292. The Morgan fingerprint density at radius 3 is 2.71 bits per heavy atom. The molecular weight excluding hydrogens is 516 g/mol. The van der Waals surface area contributed by atoms with Crippen molar-refractivity contribution in [2.45, 2.75) is 46.3 Å². The highest BCUT2D eigenvalue weighted by atomic mass is 35.5. The number of aromatic nitrogens is 4. The Hall–Kier alpha value is -3.76. The number of ether oxygens (including phenoxy) is 1. The number of hydrogen-bond acceptors (Lipinski definition) is 7. The zero-order chi connectivity index (χ0) is 27.6. The van der Waals surface area contributed by atoms with Gasteiger partial charge in [0.25, 0.3) is 5.56 Å². The number of pyridine rings is 2. The van der Waals surface area contributed by atoms with Crippen molar-refractivity contribution in [1.29, 1.82) is 0 Å². The highest BCUT2D eigenvalue weighted by molar-refractivity contribution is 6.31. The minimum absolute atomic E-state index is 0.0320. The number of aliphatic hydroxyl groups excluding tert-OH is 1. The molecule has 3 heterocycles. The topological polar surface area (TPSA) is 102 Å². The zero-order valence-corrected chi connectivity index (χ0v) is 21.8. The van der Waals surface area contributed by atoms with E-state index in [4.69, 9.17) is 16.3 Å². The molecule has 4 rings (SSSR count). The number of rotatable bonds is 9. The van der Waals surface area contributed by atoms with E-state index in [1.807, 2.05) is 13.8 Å². The van der Waals surface area contributed by atoms with Crippen LogP contribution >= 0.6 is 11.6 Å². The van der Waals surface area contributed by atoms with Crippen molar-refractivity contribution in [3.05, 3.63) is 92.2 Å². The molecule has 1 aliphatic carbocycles. The van der Waals surface area contributed by atoms with Crippen LogP contribution in [0.15, 0.2) is 52.0 Å². The first kappa shape index (κ1) is 27.3. The lowest BCUT2D eigenvalue weighted by atomic mass is 10.1. The van der Waals surface area contributed by atoms with E-state index in [9.17, 15) is 18.7 Å². The van der Waals surface area contributed by atoms with Gasteiger partial charge in [-0.3, -0.25) is 19.3 Å². The summed E-state index contributed by atoms with van der Waals surface area (Å²) in [5, 5.41) is 10.2. The van der Waals surface area contributed by atoms with Gasteiger partial charge in [-0.25, -0.2) is 18.7 Å². The highest BCUT2D eigenvalue weighted by Crippen LogP contribution is 2.39. The molecule has 1 atom stereocenters. The summed E-state index contributed by atoms with van der Waals surface area (Å²) in [6.07, 6.45) is 5.18. The number of nitrogens with zero attached hydrogens (tertiary/aromatic N) is 5. The Morgan fingerprint density at radius 2 is 2.08 bits per heavy atom. The molecule has 1 saturated carbocycles. The number of aliphatic imine (C=N–C) groups is 1. The van der Waals surface area contributed by atoms with Crippen molar-refractivity contribution < 1.29 is 18.6 Å². The summed E-state index contributed by atoms with van der Waals surface area (Å²) in [4.78, 5) is 29.8. The average molecular weight is 542 g/mol. The molecule has 38 heavy (non-hydrogen) atoms. The third-order valence-electron chi connectivity index (χ3n) is 6.01. The number of hydrogen-bond donors (Lipinski definition) is 1. The van der Waals surface area contributed by atoms with Crippen LogP contribution < -0.4 is 10.3 Å². The lowest BCUT2D eigenvalue weighted by Crippen LogP contribution is -2.23. The van der Waals surface area contributed by atoms with Crippen LogP contribution in [0.3, 0.4) is 0 Å². The van der Waals surface area contributed by atoms with Crippen molar-refractivity contribution in [1.82, 2.24) is 19.5 Å². The number of allylic oxidation sites excluding steroid dienone is 3. The molecule has 0 aliphatic heterocycles. The Kier molecular flexibility index (Phi) is 8.13. The molecular formula is C27H26ClF2N5O3. The highest BCUT2D eigenvalue weighted by Gasteiger charge is 2.32. The largest absolute Gasteiger partial charge is 0.485 e. The van der Waals surface area contributed by atoms with Gasteiger partial charge in [0.2, 0.25) is 0 Å². The maximum Gasteiger partial charge on any atom is 0.277 e. The van der Waals surface area contributed by atoms with Crippen LogP contribution in [0.5, 0.6) is 5.75 Å². The molecule has 1 N–H and O–H groups in total. The minimum Gasteiger partial charge on any atom is -0.485 e. The number of aliphatic hydroxyl groups is 1. The zero-order valence-electron chi connectivity index (χ0n) is 21.1. The lowest BCUT2D eigenvalue weighted by Gasteiger charge is -2.17. The van der Waals surface area contributed by atoms with Crippen molar-refractivity contribution in [2.75, 3.05) is 0 Å². The van der Waals surface area contributed by atoms with Crippen molar-refractivity contribution in [2.24, 2.45) is 10.9 Å². The third kappa shape index (κ3) is 5.87. The summed E-state index contributed by atoms with van der Waals surface area (Å²) in [5.41, 5.74) is 1.84. The van der Waals surface area contributed by atoms with E-state index >= 15 is 0 Å². The fraction of sp³-hybridized carbons (Fsp3) is 0.296. The molecule has 1 fully saturated rings. The second-order valence-electron chi connectivity index (χ2n) is 9.13. The van der Waals surface area contributed by atoms with Gasteiger partial charge < -0.3 is 9.84 Å². The average Bonchev–Trinajstić information content (AvgIpc) is 3.73. The second-order valence-corrected chi connectivity index (χ2v) is 9.51. The van der Waals surface area contributed by atoms with Gasteiger partial charge in [0.15, 0.2) is 11.6 Å². The normalized spacial score (nSPS) is 14.2. The van der Waals surface area contributed by atoms with Gasteiger partial charge in [-0.2, -0.15) is 0 Å². The first-order valence-electron chi connectivity index (χ1n) is 11.8. The molecule has 0 aromatic carbocycles. The SMILES string of the molecule is C=N/C(=C\C(=C(C)C)n1c(C)cc(OCc2ncc(F)cc2F)c(Cl)c1=O)c1ccnc([C@H](O)C2CC2)n1. The predicted octanol–water partition coefficient (Wildman–Crippen LogP) is 5.29. The fourth-order valence-electron chi connectivity index (χ4n) is 3.83. The third-order valence-corrected chi connectivity index (χ3v) is 6.36. The van der Waals surface area contributed by atoms with Gasteiger partial charge >= 0.3 is 0 Å². The van der Waals surface area contributed by atoms with Crippen molar-refractivity contribution in [3.8, 4) is 5.75 Å². The van der Waals surface area contributed by atoms with E-state index in [0.29, 0.717) is 34.7 Å². The summed E-state index contributed by atoms with van der Waals surface area (Å²) >= 11 is 6.37. The van der Waals surface area contributed by atoms with Crippen LogP contribution in [0, 0.1) is 24.5 Å². The van der Waals surface area contributed by atoms with Gasteiger partial charge in [0.1, 0.15) is 35.0 Å². The van der Waals surface area contributed by atoms with Crippen molar-refractivity contribution >= 4 is 29.7 Å². The van der Waals surface area contributed by atoms with Gasteiger partial charge in [-0.05, 0) is 58.4 Å². The molecule has 0 radical (unpaired) electrons. The van der Waals surface area contributed by atoms with Crippen LogP contribution in [0.2, 0.25) is 5.02 Å². The summed E-state index contributed by atoms with van der Waals surface area (Å²) < 4.78 is 34.0. The molecule has 198 valence electrons. The maximum atomic E-state index is 13.9. The molecule has 1 aliphatic rings. The summed E-state index contributed by atoms with van der Waals surface area (Å²) in [6, 6.07) is 3.88. The molecule has 8 nitrogen and oxygen atoms in total. The smallest absolute Gasteiger partial charge is 0.277 e. The van der Waals surface area contributed by atoms with E-state index in [-0.39, 0.29) is 29.0 Å². The fourth-order valence-corrected chi connectivity index (χ4v) is 4.02. The van der Waals surface area contributed by atoms with Crippen LogP contribution in [0.25, 0.3) is 11.4 Å². The van der Waals surface area contributed by atoms with Crippen LogP contribution in [0.1, 0.15) is 55.7 Å². The van der Waals surface area contributed by atoms with E-state index in [0.717, 1.165) is 24.6 Å². The van der Waals surface area contributed by atoms with Crippen LogP contribution in [0.4, 0.5) is 8.78 Å². The first-order valence-corrected chi connectivity index (χ1v) is 12.2. The molecule has 3 aromatic heterocycles. The standard InChI is InChI=1S/C27H26ClF2N5O3/c1-14(2)22(11-20(31-4)19-7-8-32-26(34-19)25(36)16-5-6-16)35-15(3)9-23(24(28)27(35)37)38-13-21-18(30)10-17(29)12-33-21/h7-12,16,25,36H,4-6,13H2,1-3H3/b20-11-/t25-/m1/s1. The number of halogens is 3. The molecule has 0 saturated heterocycles. The molecule has 0 unspecified atom stereocenters. The molecule has 0 spiro atoms. The van der Waals surface area contributed by atoms with Crippen molar-refractivity contribution in [3.63, 3.8) is 0 Å². The van der Waals surface area contributed by atoms with Gasteiger partial charge in [-0.15, -0.1) is 0 Å². The number of aryl methyl sites for hydroxylation is 1. The molecule has 3 aromatic rings. The first-order chi connectivity index (χ1) is 18.1. The second kappa shape index (κ2) is 11.3. The lowest BCUT2D eigenvalue weighted by molar-refractivity contribution is 0.144. The maximum absolute atomic E-state index is 13.9. The Bertz CT molecular complexity index is 1510. The van der Waals surface area contributed by atoms with Crippen LogP contribution in [-0.2, 0) is 6.61 Å². The van der Waals surface area contributed by atoms with E-state index in [2.05, 4.69) is 26.7 Å². The molecule has 0 amide bonds. The van der Waals surface area contributed by atoms with Gasteiger partial charge in [0, 0.05) is 29.7 Å². The Morgan fingerprint density at radius 1 is 1.34 bits per heavy atom. The monoisotopic (exact) mass is 541 g/mol. The van der Waals surface area contributed by atoms with Gasteiger partial charge in [-0.1, -0.05) is 17.2 Å². The Labute approximate surface area is 223 Å². The van der Waals surface area contributed by atoms with E-state index in [1.165, 1.54) is 10.6 Å². The van der Waals surface area contributed by atoms with E-state index < -0.39 is 23.3 Å². The van der Waals surface area contributed by atoms with Crippen LogP contribution in [-0.4, -0.2) is 31.3 Å². The summed E-state index contributed by atoms with van der Waals surface area (Å²) in [6.45, 7) is 8.63. The Balaban J connectivity index is 1.69. The summed E-state index contributed by atoms with van der Waals surface area (Å²) in [5.74, 6) is -1.18. The predicted molar refractivity (Wildman–Crippen MR) is 141 cm³/mol. The van der Waals surface area contributed by atoms with E-state index in [1.54, 1.807) is 25.3 Å². The van der Waals surface area contributed by atoms with Gasteiger partial charge in [0.05, 0.1) is 17.6 Å². The molecule has 11 heteroatoms. The molecule has 0 bridgehead atoms. The summed E-state index contributed by atoms with van der Waals surface area (Å²) in [7, 11) is 0. The minimum atomic E-state index is -0.870.